The van der Waals surface area contributed by atoms with Gasteiger partial charge >= 0.3 is 13.6 Å². The van der Waals surface area contributed by atoms with Gasteiger partial charge in [-0.2, -0.15) is 0 Å². The van der Waals surface area contributed by atoms with E-state index in [4.69, 9.17) is 13.8 Å². The van der Waals surface area contributed by atoms with Gasteiger partial charge in [0.25, 0.3) is 0 Å². The van der Waals surface area contributed by atoms with E-state index in [0.717, 1.165) is 50.5 Å². The highest BCUT2D eigenvalue weighted by atomic mass is 31.2. The van der Waals surface area contributed by atoms with Gasteiger partial charge in [0.2, 0.25) is 6.79 Å². The Bertz CT molecular complexity index is 786. The summed E-state index contributed by atoms with van der Waals surface area (Å²) < 4.78 is 28.5. The molecule has 162 valence electrons. The highest BCUT2D eigenvalue weighted by Gasteiger charge is 2.27. The van der Waals surface area contributed by atoms with Crippen molar-refractivity contribution in [2.75, 3.05) is 13.5 Å². The van der Waals surface area contributed by atoms with E-state index < -0.39 is 20.4 Å². The van der Waals surface area contributed by atoms with Crippen molar-refractivity contribution >= 4 is 13.6 Å². The minimum Gasteiger partial charge on any atom is -0.507 e. The number of phenolic OH excluding ortho intramolecular Hbond substituents is 1. The number of hydrogen-bond acceptors (Lipinski definition) is 6. The quantitative estimate of drug-likeness (QED) is 0.161. The molecule has 29 heavy (non-hydrogen) atoms. The second-order valence-corrected chi connectivity index (χ2v) is 9.72. The maximum absolute atomic E-state index is 12.8. The van der Waals surface area contributed by atoms with Crippen molar-refractivity contribution in [2.24, 2.45) is 0 Å². The average molecular weight is 424 g/mol. The number of phenols is 1. The molecule has 0 aromatic heterocycles. The predicted molar refractivity (Wildman–Crippen MR) is 114 cm³/mol. The zero-order valence-corrected chi connectivity index (χ0v) is 18.8. The summed E-state index contributed by atoms with van der Waals surface area (Å²) in [5.74, 6) is 0.00651. The lowest BCUT2D eigenvalue weighted by molar-refractivity contribution is -0.147. The summed E-state index contributed by atoms with van der Waals surface area (Å²) in [6, 6.07) is 3.64. The Balaban J connectivity index is 2.32. The number of carbonyl (C=O) groups is 1. The molecule has 0 fully saturated rings. The Labute approximate surface area is 173 Å². The van der Waals surface area contributed by atoms with Crippen LogP contribution in [0.1, 0.15) is 76.3 Å². The fourth-order valence-electron chi connectivity index (χ4n) is 3.59. The molecule has 6 nitrogen and oxygen atoms in total. The van der Waals surface area contributed by atoms with E-state index in [9.17, 15) is 14.5 Å². The summed E-state index contributed by atoms with van der Waals surface area (Å²) in [5, 5.41) is 10.8. The second kappa shape index (κ2) is 10.8. The molecule has 7 heteroatoms. The molecule has 2 unspecified atom stereocenters. The van der Waals surface area contributed by atoms with Crippen molar-refractivity contribution < 1.29 is 28.3 Å². The first-order valence-electron chi connectivity index (χ1n) is 10.3. The Morgan fingerprint density at radius 2 is 2.07 bits per heavy atom. The maximum Gasteiger partial charge on any atom is 0.379 e. The third-order valence-electron chi connectivity index (χ3n) is 5.01. The van der Waals surface area contributed by atoms with Gasteiger partial charge < -0.3 is 14.4 Å². The molecule has 0 heterocycles. The molecule has 0 spiro atoms. The van der Waals surface area contributed by atoms with Gasteiger partial charge in [-0.3, -0.25) is 9.32 Å². The van der Waals surface area contributed by atoms with Gasteiger partial charge in [-0.05, 0) is 56.7 Å². The summed E-state index contributed by atoms with van der Waals surface area (Å²) in [6.45, 7) is 6.36. The summed E-state index contributed by atoms with van der Waals surface area (Å²) in [5.41, 5.74) is 2.84. The van der Waals surface area contributed by atoms with Gasteiger partial charge in [0.15, 0.2) is 0 Å². The summed E-state index contributed by atoms with van der Waals surface area (Å²) in [6.07, 6.45) is 9.11. The van der Waals surface area contributed by atoms with Gasteiger partial charge in [-0.25, -0.2) is 4.57 Å². The zero-order chi connectivity index (χ0) is 21.4. The van der Waals surface area contributed by atoms with E-state index in [1.54, 1.807) is 6.07 Å². The van der Waals surface area contributed by atoms with Gasteiger partial charge in [-0.1, -0.05) is 31.4 Å². The van der Waals surface area contributed by atoms with Crippen LogP contribution in [-0.2, 0) is 25.0 Å². The van der Waals surface area contributed by atoms with Crippen LogP contribution in [-0.4, -0.2) is 24.5 Å². The molecule has 0 bridgehead atoms. The third-order valence-corrected chi connectivity index (χ3v) is 6.11. The monoisotopic (exact) mass is 424 g/mol. The Morgan fingerprint density at radius 1 is 1.31 bits per heavy atom. The highest BCUT2D eigenvalue weighted by molar-refractivity contribution is 7.53. The largest absolute Gasteiger partial charge is 0.507 e. The molecule has 1 aromatic carbocycles. The molecule has 1 aliphatic carbocycles. The van der Waals surface area contributed by atoms with E-state index in [1.807, 2.05) is 6.07 Å². The predicted octanol–water partition coefficient (Wildman–Crippen LogP) is 6.08. The number of allylic oxidation sites excluding steroid dienone is 2. The third kappa shape index (κ3) is 7.52. The van der Waals surface area contributed by atoms with Crippen LogP contribution in [0.2, 0.25) is 0 Å². The first-order valence-corrected chi connectivity index (χ1v) is 12.3. The molecule has 1 aromatic rings. The summed E-state index contributed by atoms with van der Waals surface area (Å²) in [4.78, 5) is 10.9. The molecule has 2 atom stereocenters. The van der Waals surface area contributed by atoms with Gasteiger partial charge in [0.1, 0.15) is 11.5 Å². The van der Waals surface area contributed by atoms with Crippen molar-refractivity contribution in [3.8, 4) is 11.5 Å². The van der Waals surface area contributed by atoms with Gasteiger partial charge in [0.05, 0.1) is 6.66 Å². The van der Waals surface area contributed by atoms with E-state index in [-0.39, 0.29) is 11.7 Å². The van der Waals surface area contributed by atoms with Crippen LogP contribution in [0.4, 0.5) is 0 Å². The standard InChI is InChI=1S/C22H33O6P/c1-5-6-7-10-18-13-20(24)22(19-11-8-9-16(2)12-19)21(14-18)28-29(4,25)27-15-26-17(3)23/h12-14,19,24H,5-11,15H2,1-4H3. The Kier molecular flexibility index (Phi) is 8.79. The number of esters is 1. The molecular weight excluding hydrogens is 391 g/mol. The van der Waals surface area contributed by atoms with Crippen LogP contribution < -0.4 is 4.52 Å². The van der Waals surface area contributed by atoms with E-state index in [1.165, 1.54) is 19.2 Å². The smallest absolute Gasteiger partial charge is 0.379 e. The van der Waals surface area contributed by atoms with Crippen LogP contribution >= 0.6 is 7.60 Å². The van der Waals surface area contributed by atoms with Crippen LogP contribution in [0.5, 0.6) is 11.5 Å². The van der Waals surface area contributed by atoms with Crippen molar-refractivity contribution in [3.05, 3.63) is 34.9 Å². The summed E-state index contributed by atoms with van der Waals surface area (Å²) >= 11 is 0. The number of hydrogen-bond donors (Lipinski definition) is 1. The molecule has 0 aliphatic heterocycles. The fraction of sp³-hybridized carbons (Fsp3) is 0.591. The molecular formula is C22H33O6P. The van der Waals surface area contributed by atoms with Crippen LogP contribution in [0.25, 0.3) is 0 Å². The Morgan fingerprint density at radius 3 is 2.72 bits per heavy atom. The number of benzene rings is 1. The fourth-order valence-corrected chi connectivity index (χ4v) is 4.39. The summed E-state index contributed by atoms with van der Waals surface area (Å²) in [7, 11) is -3.54. The van der Waals surface area contributed by atoms with E-state index in [0.29, 0.717) is 11.3 Å². The number of aromatic hydroxyl groups is 1. The number of ether oxygens (including phenoxy) is 1. The van der Waals surface area contributed by atoms with Crippen molar-refractivity contribution in [1.29, 1.82) is 0 Å². The van der Waals surface area contributed by atoms with Crippen LogP contribution in [0, 0.1) is 0 Å². The molecule has 1 N–H and O–H groups in total. The number of carbonyl (C=O) groups excluding carboxylic acids is 1. The lowest BCUT2D eigenvalue weighted by Gasteiger charge is -2.25. The normalized spacial score (nSPS) is 18.6. The average Bonchev–Trinajstić information content (AvgIpc) is 2.60. The van der Waals surface area contributed by atoms with E-state index in [2.05, 4.69) is 19.9 Å². The van der Waals surface area contributed by atoms with Gasteiger partial charge in [0, 0.05) is 18.4 Å². The second-order valence-electron chi connectivity index (χ2n) is 7.74. The molecule has 2 rings (SSSR count). The zero-order valence-electron chi connectivity index (χ0n) is 17.9. The molecule has 0 saturated heterocycles. The van der Waals surface area contributed by atoms with Crippen LogP contribution in [0.3, 0.4) is 0 Å². The topological polar surface area (TPSA) is 82.1 Å². The Hall–Kier alpha value is -1.78. The highest BCUT2D eigenvalue weighted by Crippen LogP contribution is 2.50. The lowest BCUT2D eigenvalue weighted by Crippen LogP contribution is -2.08. The van der Waals surface area contributed by atoms with Crippen LogP contribution in [0.15, 0.2) is 23.8 Å². The van der Waals surface area contributed by atoms with E-state index >= 15 is 0 Å². The minimum atomic E-state index is -3.54. The maximum atomic E-state index is 12.8. The van der Waals surface area contributed by atoms with Crippen molar-refractivity contribution in [1.82, 2.24) is 0 Å². The van der Waals surface area contributed by atoms with Gasteiger partial charge in [-0.15, -0.1) is 0 Å². The first kappa shape index (κ1) is 23.5. The van der Waals surface area contributed by atoms with Crippen molar-refractivity contribution in [3.63, 3.8) is 0 Å². The number of unbranched alkanes of at least 4 members (excludes halogenated alkanes) is 2. The molecule has 1 aliphatic rings. The minimum absolute atomic E-state index is 0.00286. The SMILES string of the molecule is CCCCCc1cc(O)c(C2C=C(C)CCC2)c(OP(C)(=O)OCOC(C)=O)c1. The lowest BCUT2D eigenvalue weighted by atomic mass is 9.84. The number of rotatable bonds is 10. The first-order chi connectivity index (χ1) is 13.7. The number of aryl methyl sites for hydroxylation is 1. The molecule has 0 radical (unpaired) electrons. The molecule has 0 amide bonds. The van der Waals surface area contributed by atoms with Crippen molar-refractivity contribution in [2.45, 2.75) is 71.6 Å². The molecule has 0 saturated carbocycles.